The summed E-state index contributed by atoms with van der Waals surface area (Å²) in [5, 5.41) is 3.35. The number of aliphatic imine (C=N–C) groups is 1. The molecule has 0 saturated carbocycles. The Morgan fingerprint density at radius 2 is 2.20 bits per heavy atom. The number of hydrogen-bond acceptors (Lipinski definition) is 4. The van der Waals surface area contributed by atoms with Crippen molar-refractivity contribution in [2.24, 2.45) is 10.9 Å². The molecule has 1 unspecified atom stereocenters. The van der Waals surface area contributed by atoms with Gasteiger partial charge >= 0.3 is 0 Å². The molecule has 1 atom stereocenters. The number of likely N-dealkylation sites (tertiary alicyclic amines) is 1. The highest BCUT2D eigenvalue weighted by Gasteiger charge is 2.25. The van der Waals surface area contributed by atoms with Crippen LogP contribution < -0.4 is 5.32 Å². The van der Waals surface area contributed by atoms with Gasteiger partial charge in [-0.3, -0.25) is 4.99 Å². The molecule has 1 aliphatic rings. The summed E-state index contributed by atoms with van der Waals surface area (Å²) in [5.74, 6) is 1.81. The number of methoxy groups -OCH3 is 1. The maximum atomic E-state index is 14.6. The number of guanidine groups is 1. The van der Waals surface area contributed by atoms with Crippen molar-refractivity contribution in [2.75, 3.05) is 47.1 Å². The molecule has 1 fully saturated rings. The fraction of sp³-hybridized carbons (Fsp3) is 0.524. The number of aromatic nitrogens is 2. The number of nitrogens with one attached hydrogen (secondary N) is 1. The Morgan fingerprint density at radius 1 is 1.37 bits per heavy atom. The first kappa shape index (κ1) is 24.5. The lowest BCUT2D eigenvalue weighted by molar-refractivity contribution is 0.0536. The van der Waals surface area contributed by atoms with Crippen molar-refractivity contribution in [1.82, 2.24) is 19.8 Å². The number of hydrogen-bond donors (Lipinski definition) is 1. The van der Waals surface area contributed by atoms with Crippen molar-refractivity contribution in [3.63, 3.8) is 0 Å². The molecule has 0 spiro atoms. The molecule has 9 heteroatoms. The van der Waals surface area contributed by atoms with E-state index in [4.69, 9.17) is 9.47 Å². The van der Waals surface area contributed by atoms with Crippen LogP contribution in [0.25, 0.3) is 5.69 Å². The first-order valence-corrected chi connectivity index (χ1v) is 9.93. The zero-order valence-electron chi connectivity index (χ0n) is 17.8. The van der Waals surface area contributed by atoms with E-state index in [1.165, 1.54) is 0 Å². The van der Waals surface area contributed by atoms with Gasteiger partial charge in [-0.2, -0.15) is 0 Å². The van der Waals surface area contributed by atoms with Gasteiger partial charge < -0.3 is 24.3 Å². The van der Waals surface area contributed by atoms with E-state index in [0.717, 1.165) is 43.5 Å². The standard InChI is InChI=1S/C21H30FN5O2.HI/c1-16-24-7-9-27(16)20-5-4-17(12-19(20)22)13-25-21(23-2)26-8-6-18(14-26)15-29-11-10-28-3;/h4-5,7,9,12,18H,6,8,10-11,13-15H2,1-3H3,(H,23,25);1H. The number of nitrogens with zero attached hydrogens (tertiary/aromatic N) is 4. The van der Waals surface area contributed by atoms with Crippen LogP contribution in [0.5, 0.6) is 0 Å². The van der Waals surface area contributed by atoms with E-state index in [1.807, 2.05) is 13.0 Å². The van der Waals surface area contributed by atoms with E-state index in [-0.39, 0.29) is 29.8 Å². The van der Waals surface area contributed by atoms with E-state index < -0.39 is 0 Å². The predicted molar refractivity (Wildman–Crippen MR) is 126 cm³/mol. The summed E-state index contributed by atoms with van der Waals surface area (Å²) in [4.78, 5) is 10.8. The maximum absolute atomic E-state index is 14.6. The van der Waals surface area contributed by atoms with Crippen molar-refractivity contribution in [3.05, 3.63) is 47.8 Å². The molecule has 166 valence electrons. The van der Waals surface area contributed by atoms with Crippen LogP contribution in [0, 0.1) is 18.7 Å². The van der Waals surface area contributed by atoms with Crippen molar-refractivity contribution in [2.45, 2.75) is 19.9 Å². The molecule has 7 nitrogen and oxygen atoms in total. The molecule has 0 bridgehead atoms. The molecule has 3 rings (SSSR count). The van der Waals surface area contributed by atoms with Crippen LogP contribution in [0.2, 0.25) is 0 Å². The second-order valence-electron chi connectivity index (χ2n) is 7.20. The lowest BCUT2D eigenvalue weighted by Crippen LogP contribution is -2.39. The normalized spacial score (nSPS) is 16.6. The molecule has 30 heavy (non-hydrogen) atoms. The zero-order valence-corrected chi connectivity index (χ0v) is 20.1. The van der Waals surface area contributed by atoms with E-state index >= 15 is 0 Å². The molecular formula is C21H31FIN5O2. The third-order valence-corrected chi connectivity index (χ3v) is 5.13. The molecular weight excluding hydrogens is 500 g/mol. The number of benzene rings is 1. The van der Waals surface area contributed by atoms with Crippen LogP contribution >= 0.6 is 24.0 Å². The molecule has 1 aromatic carbocycles. The Labute approximate surface area is 194 Å². The van der Waals surface area contributed by atoms with Crippen LogP contribution in [0.1, 0.15) is 17.8 Å². The van der Waals surface area contributed by atoms with Crippen LogP contribution in [0.3, 0.4) is 0 Å². The van der Waals surface area contributed by atoms with Gasteiger partial charge in [-0.15, -0.1) is 24.0 Å². The van der Waals surface area contributed by atoms with Gasteiger partial charge in [0.15, 0.2) is 5.96 Å². The number of imidazole rings is 1. The molecule has 2 heterocycles. The highest BCUT2D eigenvalue weighted by molar-refractivity contribution is 14.0. The molecule has 1 N–H and O–H groups in total. The summed E-state index contributed by atoms with van der Waals surface area (Å²) in [6, 6.07) is 5.27. The molecule has 0 aliphatic carbocycles. The lowest BCUT2D eigenvalue weighted by atomic mass is 10.1. The number of halogens is 2. The van der Waals surface area contributed by atoms with Gasteiger partial charge in [0, 0.05) is 52.1 Å². The average Bonchev–Trinajstić information content (AvgIpc) is 3.35. The van der Waals surface area contributed by atoms with Crippen LogP contribution in [-0.4, -0.2) is 67.5 Å². The minimum atomic E-state index is -0.269. The monoisotopic (exact) mass is 531 g/mol. The first-order chi connectivity index (χ1) is 14.1. The first-order valence-electron chi connectivity index (χ1n) is 9.93. The van der Waals surface area contributed by atoms with Gasteiger partial charge in [-0.25, -0.2) is 9.37 Å². The minimum absolute atomic E-state index is 0. The van der Waals surface area contributed by atoms with Crippen LogP contribution in [0.15, 0.2) is 35.6 Å². The molecule has 2 aromatic rings. The second-order valence-corrected chi connectivity index (χ2v) is 7.20. The number of aryl methyl sites for hydroxylation is 1. The molecule has 1 aliphatic heterocycles. The molecule has 1 aromatic heterocycles. The Kier molecular flexibility index (Phi) is 9.99. The van der Waals surface area contributed by atoms with Gasteiger partial charge in [-0.05, 0) is 31.0 Å². The fourth-order valence-corrected chi connectivity index (χ4v) is 3.56. The van der Waals surface area contributed by atoms with E-state index in [0.29, 0.717) is 31.4 Å². The SMILES string of the molecule is CN=C(NCc1ccc(-n2ccnc2C)c(F)c1)N1CCC(COCCOC)C1.I. The van der Waals surface area contributed by atoms with Gasteiger partial charge in [-0.1, -0.05) is 6.07 Å². The highest BCUT2D eigenvalue weighted by Crippen LogP contribution is 2.18. The quantitative estimate of drug-likeness (QED) is 0.246. The molecule has 0 radical (unpaired) electrons. The summed E-state index contributed by atoms with van der Waals surface area (Å²) < 4.78 is 27.0. The Balaban J connectivity index is 0.00000320. The van der Waals surface area contributed by atoms with Crippen LogP contribution in [0.4, 0.5) is 4.39 Å². The largest absolute Gasteiger partial charge is 0.382 e. The van der Waals surface area contributed by atoms with Crippen molar-refractivity contribution in [1.29, 1.82) is 0 Å². The summed E-state index contributed by atoms with van der Waals surface area (Å²) in [6.45, 7) is 6.18. The Hall–Kier alpha value is -1.72. The topological polar surface area (TPSA) is 63.9 Å². The van der Waals surface area contributed by atoms with Crippen molar-refractivity contribution < 1.29 is 13.9 Å². The fourth-order valence-electron chi connectivity index (χ4n) is 3.56. The third kappa shape index (κ3) is 6.39. The Bertz CT molecular complexity index is 829. The maximum Gasteiger partial charge on any atom is 0.193 e. The highest BCUT2D eigenvalue weighted by atomic mass is 127. The second kappa shape index (κ2) is 12.2. The van der Waals surface area contributed by atoms with Gasteiger partial charge in [0.1, 0.15) is 11.6 Å². The van der Waals surface area contributed by atoms with E-state index in [2.05, 4.69) is 20.2 Å². The number of ether oxygens (including phenoxy) is 2. The summed E-state index contributed by atoms with van der Waals surface area (Å²) in [7, 11) is 3.45. The zero-order chi connectivity index (χ0) is 20.6. The molecule has 0 amide bonds. The minimum Gasteiger partial charge on any atom is -0.382 e. The van der Waals surface area contributed by atoms with Crippen LogP contribution in [-0.2, 0) is 16.0 Å². The third-order valence-electron chi connectivity index (χ3n) is 5.13. The smallest absolute Gasteiger partial charge is 0.193 e. The van der Waals surface area contributed by atoms with E-state index in [9.17, 15) is 4.39 Å². The summed E-state index contributed by atoms with van der Waals surface area (Å²) >= 11 is 0. The average molecular weight is 531 g/mol. The summed E-state index contributed by atoms with van der Waals surface area (Å²) in [6.07, 6.45) is 4.50. The van der Waals surface area contributed by atoms with Gasteiger partial charge in [0.2, 0.25) is 0 Å². The number of rotatable bonds is 8. The Morgan fingerprint density at radius 3 is 2.87 bits per heavy atom. The van der Waals surface area contributed by atoms with Crippen molar-refractivity contribution in [3.8, 4) is 5.69 Å². The van der Waals surface area contributed by atoms with Crippen molar-refractivity contribution >= 4 is 29.9 Å². The van der Waals surface area contributed by atoms with Gasteiger partial charge in [0.05, 0.1) is 25.5 Å². The predicted octanol–water partition coefficient (Wildman–Crippen LogP) is 3.00. The van der Waals surface area contributed by atoms with E-state index in [1.54, 1.807) is 43.3 Å². The summed E-state index contributed by atoms with van der Waals surface area (Å²) in [5.41, 5.74) is 1.37. The lowest BCUT2D eigenvalue weighted by Gasteiger charge is -2.22. The molecule has 1 saturated heterocycles. The van der Waals surface area contributed by atoms with Gasteiger partial charge in [0.25, 0.3) is 0 Å².